The van der Waals surface area contributed by atoms with E-state index in [1.165, 1.54) is 38.8 Å². The fourth-order valence-electron chi connectivity index (χ4n) is 3.66. The topological polar surface area (TPSA) is 24.5 Å². The maximum absolute atomic E-state index is 5.93. The normalized spacial score (nSPS) is 44.1. The highest BCUT2D eigenvalue weighted by molar-refractivity contribution is 5.02. The predicted octanol–water partition coefficient (Wildman–Crippen LogP) is 1.63. The fraction of sp³-hybridized carbons (Fsp3) is 1.00. The molecule has 2 unspecified atom stereocenters. The van der Waals surface area contributed by atoms with Crippen LogP contribution in [0.1, 0.15) is 39.5 Å². The van der Waals surface area contributed by atoms with Gasteiger partial charge in [0.2, 0.25) is 0 Å². The summed E-state index contributed by atoms with van der Waals surface area (Å²) in [4.78, 5) is 2.63. The summed E-state index contributed by atoms with van der Waals surface area (Å²) in [5, 5.41) is 3.74. The second-order valence-electron chi connectivity index (χ2n) is 6.73. The third-order valence-corrected chi connectivity index (χ3v) is 4.85. The third kappa shape index (κ3) is 2.51. The van der Waals surface area contributed by atoms with Crippen LogP contribution in [0.3, 0.4) is 0 Å². The number of hydrogen-bond acceptors (Lipinski definition) is 3. The molecule has 2 saturated heterocycles. The van der Waals surface area contributed by atoms with E-state index < -0.39 is 0 Å². The first-order valence-electron chi connectivity index (χ1n) is 7.21. The molecule has 3 heteroatoms. The van der Waals surface area contributed by atoms with E-state index in [4.69, 9.17) is 4.74 Å². The molecule has 1 aliphatic carbocycles. The summed E-state index contributed by atoms with van der Waals surface area (Å²) in [5.74, 6) is 0.919. The van der Waals surface area contributed by atoms with Gasteiger partial charge in [0.05, 0.1) is 5.60 Å². The summed E-state index contributed by atoms with van der Waals surface area (Å²) < 4.78 is 5.93. The van der Waals surface area contributed by atoms with Crippen LogP contribution in [0.15, 0.2) is 0 Å². The summed E-state index contributed by atoms with van der Waals surface area (Å²) in [5.41, 5.74) is 0.495. The first kappa shape index (κ1) is 11.9. The van der Waals surface area contributed by atoms with Crippen molar-refractivity contribution in [1.82, 2.24) is 10.2 Å². The van der Waals surface area contributed by atoms with Crippen molar-refractivity contribution in [2.45, 2.75) is 50.7 Å². The van der Waals surface area contributed by atoms with Gasteiger partial charge in [0, 0.05) is 38.3 Å². The Bertz CT molecular complexity index is 282. The highest BCUT2D eigenvalue weighted by Crippen LogP contribution is 2.41. The first-order chi connectivity index (χ1) is 8.10. The zero-order valence-electron chi connectivity index (χ0n) is 11.3. The van der Waals surface area contributed by atoms with Crippen molar-refractivity contribution in [2.24, 2.45) is 5.92 Å². The molecule has 0 radical (unpaired) electrons. The summed E-state index contributed by atoms with van der Waals surface area (Å²) >= 11 is 0. The van der Waals surface area contributed by atoms with E-state index in [1.807, 2.05) is 0 Å². The van der Waals surface area contributed by atoms with E-state index in [9.17, 15) is 0 Å². The Morgan fingerprint density at radius 3 is 2.82 bits per heavy atom. The van der Waals surface area contributed by atoms with Gasteiger partial charge in [0.1, 0.15) is 0 Å². The van der Waals surface area contributed by atoms with E-state index in [-0.39, 0.29) is 5.60 Å². The molecular weight excluding hydrogens is 212 g/mol. The number of hydrogen-bond donors (Lipinski definition) is 1. The van der Waals surface area contributed by atoms with Crippen LogP contribution in [0, 0.1) is 5.92 Å². The monoisotopic (exact) mass is 238 g/mol. The van der Waals surface area contributed by atoms with Crippen LogP contribution in [0.2, 0.25) is 0 Å². The standard InChI is InChI=1S/C14H26N2O/c1-13(6-3-9-17-13)10-16-8-7-15-14(2,11-16)12-4-5-12/h12,15H,3-11H2,1-2H3. The van der Waals surface area contributed by atoms with Gasteiger partial charge >= 0.3 is 0 Å². The number of ether oxygens (including phenoxy) is 1. The lowest BCUT2D eigenvalue weighted by molar-refractivity contribution is -0.0218. The van der Waals surface area contributed by atoms with Gasteiger partial charge in [-0.1, -0.05) is 0 Å². The Kier molecular flexibility index (Phi) is 2.96. The zero-order chi connectivity index (χ0) is 11.9. The van der Waals surface area contributed by atoms with E-state index in [1.54, 1.807) is 0 Å². The Hall–Kier alpha value is -0.120. The maximum atomic E-state index is 5.93. The second-order valence-corrected chi connectivity index (χ2v) is 6.73. The Morgan fingerprint density at radius 1 is 1.35 bits per heavy atom. The van der Waals surface area contributed by atoms with Crippen LogP contribution in [-0.4, -0.2) is 48.8 Å². The zero-order valence-corrected chi connectivity index (χ0v) is 11.3. The molecule has 98 valence electrons. The molecule has 3 nitrogen and oxygen atoms in total. The Labute approximate surface area is 105 Å². The quantitative estimate of drug-likeness (QED) is 0.809. The molecule has 0 amide bonds. The van der Waals surface area contributed by atoms with Crippen LogP contribution in [-0.2, 0) is 4.74 Å². The number of rotatable bonds is 3. The lowest BCUT2D eigenvalue weighted by atomic mass is 9.91. The number of nitrogens with zero attached hydrogens (tertiary/aromatic N) is 1. The van der Waals surface area contributed by atoms with Crippen molar-refractivity contribution >= 4 is 0 Å². The predicted molar refractivity (Wildman–Crippen MR) is 69.2 cm³/mol. The lowest BCUT2D eigenvalue weighted by Gasteiger charge is -2.44. The van der Waals surface area contributed by atoms with Gasteiger partial charge in [0.15, 0.2) is 0 Å². The molecule has 1 N–H and O–H groups in total. The summed E-state index contributed by atoms with van der Waals surface area (Å²) in [6.07, 6.45) is 5.32. The molecule has 2 heterocycles. The van der Waals surface area contributed by atoms with Gasteiger partial charge in [-0.3, -0.25) is 4.90 Å². The molecular formula is C14H26N2O. The Balaban J connectivity index is 1.59. The van der Waals surface area contributed by atoms with Crippen LogP contribution >= 0.6 is 0 Å². The van der Waals surface area contributed by atoms with Crippen molar-refractivity contribution in [3.63, 3.8) is 0 Å². The van der Waals surface area contributed by atoms with E-state index >= 15 is 0 Å². The van der Waals surface area contributed by atoms with Crippen molar-refractivity contribution in [1.29, 1.82) is 0 Å². The average Bonchev–Trinajstić information content (AvgIpc) is 3.04. The van der Waals surface area contributed by atoms with Gasteiger partial charge in [0.25, 0.3) is 0 Å². The van der Waals surface area contributed by atoms with Crippen molar-refractivity contribution in [3.05, 3.63) is 0 Å². The molecule has 1 saturated carbocycles. The minimum absolute atomic E-state index is 0.127. The fourth-order valence-corrected chi connectivity index (χ4v) is 3.66. The van der Waals surface area contributed by atoms with Crippen LogP contribution in [0.5, 0.6) is 0 Å². The Morgan fingerprint density at radius 2 is 2.18 bits per heavy atom. The minimum Gasteiger partial charge on any atom is -0.374 e. The number of nitrogens with one attached hydrogen (secondary N) is 1. The molecule has 0 spiro atoms. The van der Waals surface area contributed by atoms with Crippen molar-refractivity contribution < 1.29 is 4.74 Å². The molecule has 0 aromatic heterocycles. The van der Waals surface area contributed by atoms with Crippen LogP contribution in [0.25, 0.3) is 0 Å². The van der Waals surface area contributed by atoms with Crippen molar-refractivity contribution in [2.75, 3.05) is 32.8 Å². The third-order valence-electron chi connectivity index (χ3n) is 4.85. The van der Waals surface area contributed by atoms with E-state index in [0.717, 1.165) is 25.6 Å². The SMILES string of the molecule is CC1(CN2CCNC(C)(C3CC3)C2)CCCO1. The van der Waals surface area contributed by atoms with Gasteiger partial charge in [-0.15, -0.1) is 0 Å². The largest absolute Gasteiger partial charge is 0.374 e. The van der Waals surface area contributed by atoms with Crippen molar-refractivity contribution in [3.8, 4) is 0 Å². The summed E-state index contributed by atoms with van der Waals surface area (Å²) in [6.45, 7) is 10.3. The summed E-state index contributed by atoms with van der Waals surface area (Å²) in [7, 11) is 0. The van der Waals surface area contributed by atoms with Gasteiger partial charge in [-0.25, -0.2) is 0 Å². The lowest BCUT2D eigenvalue weighted by Crippen LogP contribution is -2.61. The van der Waals surface area contributed by atoms with Gasteiger partial charge < -0.3 is 10.1 Å². The highest BCUT2D eigenvalue weighted by Gasteiger charge is 2.45. The van der Waals surface area contributed by atoms with Gasteiger partial charge in [-0.2, -0.15) is 0 Å². The molecule has 0 aromatic carbocycles. The molecule has 0 aromatic rings. The van der Waals surface area contributed by atoms with Crippen LogP contribution in [0.4, 0.5) is 0 Å². The molecule has 3 aliphatic rings. The average molecular weight is 238 g/mol. The molecule has 0 bridgehead atoms. The molecule has 17 heavy (non-hydrogen) atoms. The molecule has 2 atom stereocenters. The number of piperazine rings is 1. The maximum Gasteiger partial charge on any atom is 0.0781 e. The highest BCUT2D eigenvalue weighted by atomic mass is 16.5. The first-order valence-corrected chi connectivity index (χ1v) is 7.21. The van der Waals surface area contributed by atoms with E-state index in [2.05, 4.69) is 24.1 Å². The summed E-state index contributed by atoms with van der Waals surface area (Å²) in [6, 6.07) is 0. The smallest absolute Gasteiger partial charge is 0.0781 e. The van der Waals surface area contributed by atoms with Gasteiger partial charge in [-0.05, 0) is 45.4 Å². The molecule has 2 aliphatic heterocycles. The van der Waals surface area contributed by atoms with E-state index in [0.29, 0.717) is 5.54 Å². The second kappa shape index (κ2) is 4.22. The minimum atomic E-state index is 0.127. The van der Waals surface area contributed by atoms with Crippen LogP contribution < -0.4 is 5.32 Å². The molecule has 3 rings (SSSR count). The molecule has 3 fully saturated rings.